The minimum Gasteiger partial charge on any atom is -0.378 e. The van der Waals surface area contributed by atoms with E-state index in [1.165, 1.54) is 11.3 Å². The quantitative estimate of drug-likeness (QED) is 0.618. The molecule has 2 aromatic rings. The van der Waals surface area contributed by atoms with Crippen LogP contribution >= 0.6 is 0 Å². The Morgan fingerprint density at radius 3 is 2.36 bits per heavy atom. The molecule has 1 heterocycles. The highest BCUT2D eigenvalue weighted by Crippen LogP contribution is 2.23. The first-order chi connectivity index (χ1) is 13.6. The predicted octanol–water partition coefficient (Wildman–Crippen LogP) is 3.91. The minimum atomic E-state index is 0.0246. The van der Waals surface area contributed by atoms with Crippen LogP contribution in [0.1, 0.15) is 28.8 Å². The molecule has 150 valence electrons. The number of carbonyl (C=O) groups is 1. The van der Waals surface area contributed by atoms with Crippen LogP contribution in [0.4, 0.5) is 5.69 Å². The lowest BCUT2D eigenvalue weighted by Gasteiger charge is -2.29. The summed E-state index contributed by atoms with van der Waals surface area (Å²) in [4.78, 5) is 17.8. The van der Waals surface area contributed by atoms with Gasteiger partial charge in [0.2, 0.25) is 0 Å². The molecule has 0 spiro atoms. The Morgan fingerprint density at radius 1 is 1.04 bits per heavy atom. The van der Waals surface area contributed by atoms with Crippen molar-refractivity contribution in [2.45, 2.75) is 19.3 Å². The molecular formula is C24H32N2O2. The van der Waals surface area contributed by atoms with Crippen molar-refractivity contribution in [3.63, 3.8) is 0 Å². The van der Waals surface area contributed by atoms with Crippen LogP contribution in [0, 0.1) is 5.92 Å². The summed E-state index contributed by atoms with van der Waals surface area (Å²) in [5, 5.41) is 0. The fourth-order valence-electron chi connectivity index (χ4n) is 3.77. The lowest BCUT2D eigenvalue weighted by molar-refractivity contribution is 0.0909. The van der Waals surface area contributed by atoms with Crippen LogP contribution < -0.4 is 4.90 Å². The van der Waals surface area contributed by atoms with E-state index in [0.717, 1.165) is 57.7 Å². The number of nitrogens with zero attached hydrogens (tertiary/aromatic N) is 2. The van der Waals surface area contributed by atoms with Gasteiger partial charge >= 0.3 is 0 Å². The molecule has 1 saturated heterocycles. The average molecular weight is 381 g/mol. The van der Waals surface area contributed by atoms with Crippen molar-refractivity contribution in [3.05, 3.63) is 65.7 Å². The summed E-state index contributed by atoms with van der Waals surface area (Å²) < 4.78 is 5.43. The SMILES string of the molecule is CN(C)CCCC(Cc1ccccc1)C(=O)c1ccc(N2CCOCC2)cc1. The van der Waals surface area contributed by atoms with Gasteiger partial charge in [0.25, 0.3) is 0 Å². The molecular weight excluding hydrogens is 348 g/mol. The molecule has 1 aliphatic heterocycles. The Kier molecular flexibility index (Phi) is 7.63. The summed E-state index contributed by atoms with van der Waals surface area (Å²) in [5.41, 5.74) is 3.23. The number of hydrogen-bond donors (Lipinski definition) is 0. The van der Waals surface area contributed by atoms with E-state index in [1.54, 1.807) is 0 Å². The maximum Gasteiger partial charge on any atom is 0.166 e. The molecule has 1 unspecified atom stereocenters. The van der Waals surface area contributed by atoms with Crippen LogP contribution in [-0.2, 0) is 11.2 Å². The van der Waals surface area contributed by atoms with Crippen molar-refractivity contribution < 1.29 is 9.53 Å². The Bertz CT molecular complexity index is 722. The molecule has 0 aliphatic carbocycles. The zero-order valence-corrected chi connectivity index (χ0v) is 17.1. The van der Waals surface area contributed by atoms with Gasteiger partial charge in [-0.1, -0.05) is 30.3 Å². The summed E-state index contributed by atoms with van der Waals surface area (Å²) in [6.45, 7) is 4.37. The number of benzene rings is 2. The van der Waals surface area contributed by atoms with Crippen LogP contribution in [0.2, 0.25) is 0 Å². The number of hydrogen-bond acceptors (Lipinski definition) is 4. The third-order valence-corrected chi connectivity index (χ3v) is 5.38. The van der Waals surface area contributed by atoms with Crippen LogP contribution in [-0.4, -0.2) is 57.6 Å². The second-order valence-corrected chi connectivity index (χ2v) is 7.84. The molecule has 1 fully saturated rings. The molecule has 4 heteroatoms. The summed E-state index contributed by atoms with van der Waals surface area (Å²) >= 11 is 0. The van der Waals surface area contributed by atoms with E-state index < -0.39 is 0 Å². The van der Waals surface area contributed by atoms with E-state index in [-0.39, 0.29) is 11.7 Å². The maximum absolute atomic E-state index is 13.3. The molecule has 3 rings (SSSR count). The highest BCUT2D eigenvalue weighted by atomic mass is 16.5. The first-order valence-electron chi connectivity index (χ1n) is 10.3. The number of ketones is 1. The molecule has 1 atom stereocenters. The van der Waals surface area contributed by atoms with Crippen LogP contribution in [0.3, 0.4) is 0 Å². The van der Waals surface area contributed by atoms with Crippen molar-refractivity contribution in [2.24, 2.45) is 5.92 Å². The smallest absolute Gasteiger partial charge is 0.166 e. The number of carbonyl (C=O) groups excluding carboxylic acids is 1. The van der Waals surface area contributed by atoms with Crippen LogP contribution in [0.5, 0.6) is 0 Å². The van der Waals surface area contributed by atoms with Crippen molar-refractivity contribution in [1.29, 1.82) is 0 Å². The highest BCUT2D eigenvalue weighted by molar-refractivity contribution is 5.98. The normalized spacial score (nSPS) is 15.6. The lowest BCUT2D eigenvalue weighted by Crippen LogP contribution is -2.36. The molecule has 0 radical (unpaired) electrons. The number of rotatable bonds is 9. The molecule has 0 amide bonds. The zero-order valence-electron chi connectivity index (χ0n) is 17.1. The second kappa shape index (κ2) is 10.4. The summed E-state index contributed by atoms with van der Waals surface area (Å²) in [7, 11) is 4.16. The van der Waals surface area contributed by atoms with E-state index in [4.69, 9.17) is 4.74 Å². The van der Waals surface area contributed by atoms with E-state index in [0.29, 0.717) is 0 Å². The zero-order chi connectivity index (χ0) is 19.8. The fourth-order valence-corrected chi connectivity index (χ4v) is 3.77. The number of Topliss-reactive ketones (excluding diaryl/α,β-unsaturated/α-hetero) is 1. The molecule has 1 aliphatic rings. The second-order valence-electron chi connectivity index (χ2n) is 7.84. The van der Waals surface area contributed by atoms with Crippen molar-refractivity contribution >= 4 is 11.5 Å². The van der Waals surface area contributed by atoms with Gasteiger partial charge in [0.05, 0.1) is 13.2 Å². The standard InChI is InChI=1S/C24H32N2O2/c1-25(2)14-6-9-22(19-20-7-4-3-5-8-20)24(27)21-10-12-23(13-11-21)26-15-17-28-18-16-26/h3-5,7-8,10-13,22H,6,9,14-19H2,1-2H3. The highest BCUT2D eigenvalue weighted by Gasteiger charge is 2.21. The average Bonchev–Trinajstić information content (AvgIpc) is 2.74. The largest absolute Gasteiger partial charge is 0.378 e. The predicted molar refractivity (Wildman–Crippen MR) is 115 cm³/mol. The minimum absolute atomic E-state index is 0.0246. The Labute approximate surface area is 169 Å². The van der Waals surface area contributed by atoms with Gasteiger partial charge in [-0.2, -0.15) is 0 Å². The topological polar surface area (TPSA) is 32.8 Å². The van der Waals surface area contributed by atoms with Gasteiger partial charge in [-0.3, -0.25) is 4.79 Å². The molecule has 0 aromatic heterocycles. The molecule has 2 aromatic carbocycles. The Morgan fingerprint density at radius 2 is 1.71 bits per heavy atom. The Balaban J connectivity index is 1.69. The molecule has 0 saturated carbocycles. The van der Waals surface area contributed by atoms with Crippen molar-refractivity contribution in [3.8, 4) is 0 Å². The monoisotopic (exact) mass is 380 g/mol. The maximum atomic E-state index is 13.3. The third-order valence-electron chi connectivity index (χ3n) is 5.38. The van der Waals surface area contributed by atoms with E-state index in [9.17, 15) is 4.79 Å². The molecule has 0 bridgehead atoms. The van der Waals surface area contributed by atoms with E-state index in [1.807, 2.05) is 30.3 Å². The third kappa shape index (κ3) is 5.91. The van der Waals surface area contributed by atoms with Gasteiger partial charge in [-0.25, -0.2) is 0 Å². The summed E-state index contributed by atoms with van der Waals surface area (Å²) in [5.74, 6) is 0.285. The number of anilines is 1. The van der Waals surface area contributed by atoms with Gasteiger partial charge in [0.1, 0.15) is 0 Å². The molecule has 0 N–H and O–H groups in total. The van der Waals surface area contributed by atoms with Gasteiger partial charge in [0.15, 0.2) is 5.78 Å². The number of ether oxygens (including phenoxy) is 1. The van der Waals surface area contributed by atoms with Crippen LogP contribution in [0.25, 0.3) is 0 Å². The molecule has 4 nitrogen and oxygen atoms in total. The van der Waals surface area contributed by atoms with E-state index in [2.05, 4.69) is 48.2 Å². The Hall–Kier alpha value is -2.17. The van der Waals surface area contributed by atoms with Crippen molar-refractivity contribution in [1.82, 2.24) is 4.90 Å². The summed E-state index contributed by atoms with van der Waals surface area (Å²) in [6, 6.07) is 18.5. The fraction of sp³-hybridized carbons (Fsp3) is 0.458. The van der Waals surface area contributed by atoms with Gasteiger partial charge < -0.3 is 14.5 Å². The molecule has 28 heavy (non-hydrogen) atoms. The van der Waals surface area contributed by atoms with Crippen molar-refractivity contribution in [2.75, 3.05) is 51.8 Å². The van der Waals surface area contributed by atoms with E-state index >= 15 is 0 Å². The first-order valence-corrected chi connectivity index (χ1v) is 10.3. The lowest BCUT2D eigenvalue weighted by atomic mass is 9.87. The van der Waals surface area contributed by atoms with Gasteiger partial charge in [-0.15, -0.1) is 0 Å². The summed E-state index contributed by atoms with van der Waals surface area (Å²) in [6.07, 6.45) is 2.75. The van der Waals surface area contributed by atoms with Gasteiger partial charge in [-0.05, 0) is 69.7 Å². The first kappa shape index (κ1) is 20.6. The van der Waals surface area contributed by atoms with Crippen LogP contribution in [0.15, 0.2) is 54.6 Å². The van der Waals surface area contributed by atoms with Gasteiger partial charge in [0, 0.05) is 30.3 Å². The number of morpholine rings is 1.